The van der Waals surface area contributed by atoms with Gasteiger partial charge in [-0.05, 0) is 12.1 Å². The van der Waals surface area contributed by atoms with Crippen molar-refractivity contribution in [2.45, 2.75) is 0 Å². The van der Waals surface area contributed by atoms with E-state index in [1.807, 2.05) is 0 Å². The Hall–Kier alpha value is -1.84. The first-order valence-electron chi connectivity index (χ1n) is 4.08. The number of hydrogen-bond acceptors (Lipinski definition) is 2. The molecule has 14 heavy (non-hydrogen) atoms. The Labute approximate surface area is 79.5 Å². The topological polar surface area (TPSA) is 42.1 Å². The largest absolute Gasteiger partial charge is 0.464 e. The number of methoxy groups -OCH3 is 1. The van der Waals surface area contributed by atoms with Gasteiger partial charge in [-0.1, -0.05) is 12.1 Å². The van der Waals surface area contributed by atoms with Gasteiger partial charge in [-0.25, -0.2) is 9.18 Å². The molecule has 2 aromatic rings. The monoisotopic (exact) mass is 193 g/mol. The molecule has 0 bridgehead atoms. The van der Waals surface area contributed by atoms with E-state index in [1.165, 1.54) is 7.11 Å². The van der Waals surface area contributed by atoms with Gasteiger partial charge in [-0.15, -0.1) is 0 Å². The number of fused-ring (bicyclic) bond motifs is 1. The molecular formula is C10H8FNO2. The number of aromatic amines is 1. The van der Waals surface area contributed by atoms with Crippen LogP contribution in [0.2, 0.25) is 0 Å². The van der Waals surface area contributed by atoms with E-state index in [-0.39, 0.29) is 5.69 Å². The predicted molar refractivity (Wildman–Crippen MR) is 49.6 cm³/mol. The standard InChI is InChI=1S/C10H8FNO2/c1-14-10(13)9-8(11)6-4-2-3-5-7(6)12-9/h2-5,12H,1H3. The second-order valence-corrected chi connectivity index (χ2v) is 2.85. The zero-order valence-corrected chi connectivity index (χ0v) is 7.50. The summed E-state index contributed by atoms with van der Waals surface area (Å²) in [5.74, 6) is -1.26. The summed E-state index contributed by atoms with van der Waals surface area (Å²) >= 11 is 0. The van der Waals surface area contributed by atoms with Crippen molar-refractivity contribution >= 4 is 16.9 Å². The average molecular weight is 193 g/mol. The Bertz CT molecular complexity index is 490. The molecule has 0 aliphatic rings. The van der Waals surface area contributed by atoms with Crippen molar-refractivity contribution in [2.24, 2.45) is 0 Å². The van der Waals surface area contributed by atoms with Crippen LogP contribution < -0.4 is 0 Å². The third-order valence-electron chi connectivity index (χ3n) is 2.03. The molecule has 0 aliphatic heterocycles. The van der Waals surface area contributed by atoms with Gasteiger partial charge in [0.05, 0.1) is 7.11 Å². The summed E-state index contributed by atoms with van der Waals surface area (Å²) in [4.78, 5) is 13.8. The van der Waals surface area contributed by atoms with E-state index in [9.17, 15) is 9.18 Å². The maximum absolute atomic E-state index is 13.5. The van der Waals surface area contributed by atoms with Crippen LogP contribution in [0.5, 0.6) is 0 Å². The third kappa shape index (κ3) is 1.16. The number of benzene rings is 1. The molecule has 1 aromatic carbocycles. The van der Waals surface area contributed by atoms with Crippen LogP contribution in [0.3, 0.4) is 0 Å². The average Bonchev–Trinajstić information content (AvgIpc) is 2.56. The first kappa shape index (κ1) is 8.74. The van der Waals surface area contributed by atoms with Crippen molar-refractivity contribution in [3.63, 3.8) is 0 Å². The Kier molecular flexibility index (Phi) is 1.96. The van der Waals surface area contributed by atoms with Crippen molar-refractivity contribution in [3.8, 4) is 0 Å². The van der Waals surface area contributed by atoms with Crippen LogP contribution in [-0.2, 0) is 4.74 Å². The number of carbonyl (C=O) groups excluding carboxylic acids is 1. The molecule has 0 spiro atoms. The SMILES string of the molecule is COC(=O)c1[nH]c2ccccc2c1F. The highest BCUT2D eigenvalue weighted by molar-refractivity contribution is 5.95. The maximum Gasteiger partial charge on any atom is 0.357 e. The number of nitrogens with one attached hydrogen (secondary N) is 1. The molecule has 4 heteroatoms. The lowest BCUT2D eigenvalue weighted by molar-refractivity contribution is 0.0590. The summed E-state index contributed by atoms with van der Waals surface area (Å²) < 4.78 is 18.0. The molecule has 1 heterocycles. The maximum atomic E-state index is 13.5. The van der Waals surface area contributed by atoms with E-state index in [1.54, 1.807) is 24.3 Å². The van der Waals surface area contributed by atoms with Crippen LogP contribution in [0.25, 0.3) is 10.9 Å². The van der Waals surface area contributed by atoms with Gasteiger partial charge in [0.2, 0.25) is 0 Å². The molecular weight excluding hydrogens is 185 g/mol. The number of ether oxygens (including phenoxy) is 1. The van der Waals surface area contributed by atoms with Crippen molar-refractivity contribution < 1.29 is 13.9 Å². The summed E-state index contributed by atoms with van der Waals surface area (Å²) in [5, 5.41) is 0.396. The number of rotatable bonds is 1. The van der Waals surface area contributed by atoms with E-state index in [0.717, 1.165) is 0 Å². The van der Waals surface area contributed by atoms with Gasteiger partial charge in [0, 0.05) is 10.9 Å². The first-order chi connectivity index (χ1) is 6.74. The predicted octanol–water partition coefficient (Wildman–Crippen LogP) is 2.09. The minimum absolute atomic E-state index is 0.131. The molecule has 0 saturated carbocycles. The summed E-state index contributed by atoms with van der Waals surface area (Å²) in [5.41, 5.74) is 0.458. The summed E-state index contributed by atoms with van der Waals surface area (Å²) in [6.45, 7) is 0. The Morgan fingerprint density at radius 2 is 2.14 bits per heavy atom. The number of H-pyrrole nitrogens is 1. The Balaban J connectivity index is 2.68. The Morgan fingerprint density at radius 3 is 2.79 bits per heavy atom. The van der Waals surface area contributed by atoms with Crippen LogP contribution in [0.1, 0.15) is 10.5 Å². The summed E-state index contributed by atoms with van der Waals surface area (Å²) in [6, 6.07) is 6.78. The fourth-order valence-electron chi connectivity index (χ4n) is 1.35. The van der Waals surface area contributed by atoms with Crippen molar-refractivity contribution in [2.75, 3.05) is 7.11 Å². The number of carbonyl (C=O) groups is 1. The van der Waals surface area contributed by atoms with Gasteiger partial charge >= 0.3 is 5.97 Å². The fraction of sp³-hybridized carbons (Fsp3) is 0.100. The summed E-state index contributed by atoms with van der Waals surface area (Å²) in [7, 11) is 1.22. The highest BCUT2D eigenvalue weighted by Gasteiger charge is 2.17. The zero-order chi connectivity index (χ0) is 10.1. The molecule has 0 fully saturated rings. The van der Waals surface area contributed by atoms with E-state index in [4.69, 9.17) is 0 Å². The van der Waals surface area contributed by atoms with Crippen LogP contribution in [0.15, 0.2) is 24.3 Å². The number of para-hydroxylation sites is 1. The highest BCUT2D eigenvalue weighted by atomic mass is 19.1. The number of esters is 1. The normalized spacial score (nSPS) is 10.4. The molecule has 0 radical (unpaired) electrons. The minimum Gasteiger partial charge on any atom is -0.464 e. The first-order valence-corrected chi connectivity index (χ1v) is 4.08. The molecule has 0 atom stereocenters. The van der Waals surface area contributed by atoms with Crippen LogP contribution >= 0.6 is 0 Å². The molecule has 0 unspecified atom stereocenters. The molecule has 3 nitrogen and oxygen atoms in total. The zero-order valence-electron chi connectivity index (χ0n) is 7.50. The van der Waals surface area contributed by atoms with E-state index in [2.05, 4.69) is 9.72 Å². The lowest BCUT2D eigenvalue weighted by Gasteiger charge is -1.93. The van der Waals surface area contributed by atoms with Crippen LogP contribution in [-0.4, -0.2) is 18.1 Å². The van der Waals surface area contributed by atoms with Crippen molar-refractivity contribution in [1.29, 1.82) is 0 Å². The summed E-state index contributed by atoms with van der Waals surface area (Å²) in [6.07, 6.45) is 0. The second-order valence-electron chi connectivity index (χ2n) is 2.85. The lowest BCUT2D eigenvalue weighted by Crippen LogP contribution is -2.03. The molecule has 0 aliphatic carbocycles. The van der Waals surface area contributed by atoms with Gasteiger partial charge in [0.1, 0.15) is 0 Å². The van der Waals surface area contributed by atoms with Crippen LogP contribution in [0.4, 0.5) is 4.39 Å². The fourth-order valence-corrected chi connectivity index (χ4v) is 1.35. The molecule has 72 valence electrons. The van der Waals surface area contributed by atoms with E-state index >= 15 is 0 Å². The van der Waals surface area contributed by atoms with Gasteiger partial charge in [-0.3, -0.25) is 0 Å². The molecule has 0 amide bonds. The quantitative estimate of drug-likeness (QED) is 0.704. The molecule has 1 N–H and O–H groups in total. The number of aromatic nitrogens is 1. The van der Waals surface area contributed by atoms with Gasteiger partial charge in [0.25, 0.3) is 0 Å². The molecule has 2 rings (SSSR count). The van der Waals surface area contributed by atoms with Gasteiger partial charge in [0.15, 0.2) is 11.5 Å². The number of hydrogen-bond donors (Lipinski definition) is 1. The lowest BCUT2D eigenvalue weighted by atomic mass is 10.2. The Morgan fingerprint density at radius 1 is 1.43 bits per heavy atom. The van der Waals surface area contributed by atoms with Crippen molar-refractivity contribution in [1.82, 2.24) is 4.98 Å². The van der Waals surface area contributed by atoms with Crippen molar-refractivity contribution in [3.05, 3.63) is 35.8 Å². The van der Waals surface area contributed by atoms with Gasteiger partial charge < -0.3 is 9.72 Å². The van der Waals surface area contributed by atoms with Crippen LogP contribution in [0, 0.1) is 5.82 Å². The molecule has 0 saturated heterocycles. The van der Waals surface area contributed by atoms with Gasteiger partial charge in [-0.2, -0.15) is 0 Å². The smallest absolute Gasteiger partial charge is 0.357 e. The third-order valence-corrected chi connectivity index (χ3v) is 2.03. The number of halogens is 1. The minimum atomic E-state index is -0.696. The second kappa shape index (κ2) is 3.14. The van der Waals surface area contributed by atoms with E-state index in [0.29, 0.717) is 10.9 Å². The highest BCUT2D eigenvalue weighted by Crippen LogP contribution is 2.20. The van der Waals surface area contributed by atoms with E-state index < -0.39 is 11.8 Å². The molecule has 1 aromatic heterocycles.